The summed E-state index contributed by atoms with van der Waals surface area (Å²) in [6.07, 6.45) is 6.75. The first-order chi connectivity index (χ1) is 14.7. The maximum Gasteiger partial charge on any atom is 0.246 e. The van der Waals surface area contributed by atoms with Crippen molar-refractivity contribution in [1.82, 2.24) is 4.90 Å². The van der Waals surface area contributed by atoms with E-state index in [0.29, 0.717) is 6.54 Å². The number of hydrogen-bond donors (Lipinski definition) is 2. The smallest absolute Gasteiger partial charge is 0.246 e. The Labute approximate surface area is 200 Å². The van der Waals surface area contributed by atoms with Crippen LogP contribution < -0.4 is 0 Å². The highest BCUT2D eigenvalue weighted by molar-refractivity contribution is 6.82. The molecule has 0 aromatic carbocycles. The minimum atomic E-state index is -2.09. The van der Waals surface area contributed by atoms with E-state index in [1.807, 2.05) is 0 Å². The molecule has 0 aliphatic carbocycles. The number of carbonyl (C=O) groups excluding carboxylic acids is 1. The van der Waals surface area contributed by atoms with Crippen LogP contribution in [0, 0.1) is 0 Å². The molecule has 0 aromatic heterocycles. The van der Waals surface area contributed by atoms with Crippen molar-refractivity contribution in [3.63, 3.8) is 0 Å². The van der Waals surface area contributed by atoms with Gasteiger partial charge in [-0.1, -0.05) is 72.7 Å². The Bertz CT molecular complexity index is 584. The minimum absolute atomic E-state index is 0.0373. The van der Waals surface area contributed by atoms with Gasteiger partial charge in [0.15, 0.2) is 8.32 Å². The second-order valence-electron chi connectivity index (χ2n) is 11.0. The van der Waals surface area contributed by atoms with Crippen LogP contribution in [0.5, 0.6) is 0 Å². The van der Waals surface area contributed by atoms with E-state index >= 15 is 0 Å². The van der Waals surface area contributed by atoms with Crippen LogP contribution in [-0.2, 0) is 9.22 Å². The number of carbonyl (C=O) groups is 1. The molecule has 0 rings (SSSR count). The molecule has 0 bridgehead atoms. The first-order valence-corrected chi connectivity index (χ1v) is 18.7. The van der Waals surface area contributed by atoms with Gasteiger partial charge >= 0.3 is 0 Å². The summed E-state index contributed by atoms with van der Waals surface area (Å²) in [6.45, 7) is 25.1. The van der Waals surface area contributed by atoms with E-state index in [1.54, 1.807) is 4.90 Å². The summed E-state index contributed by atoms with van der Waals surface area (Å²) in [5.41, 5.74) is 0. The van der Waals surface area contributed by atoms with Crippen molar-refractivity contribution >= 4 is 22.3 Å². The Hall–Kier alpha value is -0.476. The lowest BCUT2D eigenvalue weighted by molar-refractivity contribution is -0.127. The van der Waals surface area contributed by atoms with Gasteiger partial charge in [0, 0.05) is 18.3 Å². The van der Waals surface area contributed by atoms with Crippen molar-refractivity contribution in [2.45, 2.75) is 122 Å². The normalized spacial score (nSPS) is 17.3. The van der Waals surface area contributed by atoms with Crippen LogP contribution in [0.4, 0.5) is 0 Å². The molecule has 7 heteroatoms. The minimum Gasteiger partial charge on any atom is -0.414 e. The lowest BCUT2D eigenvalue weighted by atomic mass is 10.0. The Balaban J connectivity index is 5.47. The van der Waals surface area contributed by atoms with Gasteiger partial charge in [0.2, 0.25) is 5.91 Å². The van der Waals surface area contributed by atoms with Gasteiger partial charge in [0.25, 0.3) is 0 Å². The van der Waals surface area contributed by atoms with Gasteiger partial charge in [0.1, 0.15) is 0 Å². The molecule has 0 saturated carbocycles. The average Bonchev–Trinajstić information content (AvgIpc) is 2.75. The lowest BCUT2D eigenvalue weighted by Gasteiger charge is -2.52. The molecule has 0 saturated heterocycles. The molecule has 5 nitrogen and oxygen atoms in total. The highest BCUT2D eigenvalue weighted by Gasteiger charge is 2.51. The Kier molecular flexibility index (Phi) is 13.2. The summed E-state index contributed by atoms with van der Waals surface area (Å²) in [5, 5.41) is 19.0. The average molecular weight is 488 g/mol. The summed E-state index contributed by atoms with van der Waals surface area (Å²) in [7, 11) is -3.66. The monoisotopic (exact) mass is 487 g/mol. The predicted molar refractivity (Wildman–Crippen MR) is 142 cm³/mol. The van der Waals surface area contributed by atoms with Crippen LogP contribution in [0.3, 0.4) is 0 Å². The molecule has 0 heterocycles. The lowest BCUT2D eigenvalue weighted by Crippen LogP contribution is -2.60. The first kappa shape index (κ1) is 31.5. The van der Waals surface area contributed by atoms with Gasteiger partial charge in [-0.2, -0.15) is 0 Å². The van der Waals surface area contributed by atoms with Gasteiger partial charge in [0.05, 0.1) is 20.8 Å². The Morgan fingerprint density at radius 2 is 1.72 bits per heavy atom. The summed E-state index contributed by atoms with van der Waals surface area (Å²) in [4.78, 5) is 13.8. The zero-order valence-corrected chi connectivity index (χ0v) is 24.6. The second-order valence-corrected chi connectivity index (χ2v) is 20.8. The molecule has 3 unspecified atom stereocenters. The number of unbranched alkanes of at least 4 members (excludes halogenated alkanes) is 1. The second kappa shape index (κ2) is 13.4. The van der Waals surface area contributed by atoms with E-state index in [-0.39, 0.29) is 29.3 Å². The van der Waals surface area contributed by atoms with Crippen LogP contribution in [0.25, 0.3) is 0 Å². The Morgan fingerprint density at radius 3 is 2.16 bits per heavy atom. The first-order valence-electron chi connectivity index (χ1n) is 12.6. The van der Waals surface area contributed by atoms with Gasteiger partial charge in [-0.25, -0.2) is 0 Å². The van der Waals surface area contributed by atoms with Gasteiger partial charge in [-0.3, -0.25) is 4.79 Å². The van der Waals surface area contributed by atoms with Gasteiger partial charge in [-0.05, 0) is 50.4 Å². The third-order valence-corrected chi connectivity index (χ3v) is 17.9. The van der Waals surface area contributed by atoms with Crippen molar-refractivity contribution in [1.29, 1.82) is 0 Å². The molecule has 190 valence electrons. The van der Waals surface area contributed by atoms with E-state index in [1.165, 1.54) is 25.0 Å². The fourth-order valence-corrected chi connectivity index (χ4v) is 12.3. The summed E-state index contributed by atoms with van der Waals surface area (Å²) in [5.74, 6) is -0.203. The Morgan fingerprint density at radius 1 is 1.12 bits per heavy atom. The fourth-order valence-electron chi connectivity index (χ4n) is 4.55. The molecular formula is C25H53NO4Si2. The quantitative estimate of drug-likeness (QED) is 0.203. The van der Waals surface area contributed by atoms with Crippen molar-refractivity contribution in [3.05, 3.63) is 12.7 Å². The van der Waals surface area contributed by atoms with Crippen LogP contribution in [0.2, 0.25) is 37.3 Å². The van der Waals surface area contributed by atoms with E-state index in [4.69, 9.17) is 9.53 Å². The van der Waals surface area contributed by atoms with Crippen molar-refractivity contribution in [2.75, 3.05) is 19.7 Å². The van der Waals surface area contributed by atoms with Crippen LogP contribution in [0.15, 0.2) is 12.7 Å². The predicted octanol–water partition coefficient (Wildman–Crippen LogP) is 5.74. The zero-order valence-electron chi connectivity index (χ0n) is 22.6. The molecule has 0 aromatic rings. The molecule has 0 aliphatic heterocycles. The molecule has 32 heavy (non-hydrogen) atoms. The van der Waals surface area contributed by atoms with Crippen molar-refractivity contribution in [2.24, 2.45) is 0 Å². The largest absolute Gasteiger partial charge is 0.414 e. The van der Waals surface area contributed by atoms with Crippen molar-refractivity contribution in [3.8, 4) is 0 Å². The third-order valence-electron chi connectivity index (χ3n) is 8.26. The standard InChI is InChI=1S/C25H53NO4Si2/c1-11-15-19-31(7,8)25(6,14-4)30-32(9,10)24(5,13-3)17-16-18-26(23(29)12-2)20-22(28)21-27/h12,22,27-28H,2,11,13-21H2,1,3-10H3. The fraction of sp³-hybridized carbons (Fsp3) is 0.880. The molecular weight excluding hydrogens is 434 g/mol. The highest BCUT2D eigenvalue weighted by Crippen LogP contribution is 2.49. The molecule has 0 radical (unpaired) electrons. The number of aliphatic hydroxyl groups is 2. The third kappa shape index (κ3) is 8.38. The highest BCUT2D eigenvalue weighted by atomic mass is 28.4. The molecule has 0 fully saturated rings. The van der Waals surface area contributed by atoms with Gasteiger partial charge in [-0.15, -0.1) is 0 Å². The SMILES string of the molecule is C=CC(=O)N(CCCC(C)(CC)[Si](C)(C)OC(C)(CC)[Si](C)(C)CCCC)CC(O)CO. The number of rotatable bonds is 17. The molecule has 0 aliphatic rings. The van der Waals surface area contributed by atoms with E-state index in [0.717, 1.165) is 25.7 Å². The molecule has 3 atom stereocenters. The van der Waals surface area contributed by atoms with Gasteiger partial charge < -0.3 is 19.5 Å². The van der Waals surface area contributed by atoms with Crippen LogP contribution in [-0.4, -0.2) is 68.4 Å². The molecule has 2 N–H and O–H groups in total. The zero-order chi connectivity index (χ0) is 25.2. The maximum absolute atomic E-state index is 12.2. The number of amides is 1. The van der Waals surface area contributed by atoms with Crippen LogP contribution >= 0.6 is 0 Å². The van der Waals surface area contributed by atoms with E-state index in [2.05, 4.69) is 67.4 Å². The molecule has 0 spiro atoms. The van der Waals surface area contributed by atoms with E-state index < -0.39 is 22.5 Å². The van der Waals surface area contributed by atoms with E-state index in [9.17, 15) is 9.90 Å². The number of nitrogens with zero attached hydrogens (tertiary/aromatic N) is 1. The topological polar surface area (TPSA) is 70.0 Å². The summed E-state index contributed by atoms with van der Waals surface area (Å²) in [6, 6.07) is 1.30. The maximum atomic E-state index is 12.2. The molecule has 1 amide bonds. The van der Waals surface area contributed by atoms with Crippen molar-refractivity contribution < 1.29 is 19.4 Å². The number of hydrogen-bond acceptors (Lipinski definition) is 4. The summed E-state index contributed by atoms with van der Waals surface area (Å²) >= 11 is 0. The summed E-state index contributed by atoms with van der Waals surface area (Å²) < 4.78 is 7.23. The number of aliphatic hydroxyl groups excluding tert-OH is 2. The van der Waals surface area contributed by atoms with Crippen LogP contribution in [0.1, 0.15) is 73.1 Å².